The number of amides is 1. The van der Waals surface area contributed by atoms with Crippen LogP contribution in [0.3, 0.4) is 0 Å². The topological polar surface area (TPSA) is 86.5 Å². The Bertz CT molecular complexity index is 924. The number of benzene rings is 2. The van der Waals surface area contributed by atoms with E-state index < -0.39 is 0 Å². The SMILES string of the molecule is COc1cc(OC)cc(-c2nnc(SCC(=O)NCc3ccc(F)cc3)o2)c1. The monoisotopic (exact) mass is 403 g/mol. The Kier molecular flexibility index (Phi) is 6.49. The zero-order valence-corrected chi connectivity index (χ0v) is 16.1. The summed E-state index contributed by atoms with van der Waals surface area (Å²) in [5.74, 6) is 1.10. The Balaban J connectivity index is 1.56. The van der Waals surface area contributed by atoms with Crippen LogP contribution in [0.15, 0.2) is 52.1 Å². The highest BCUT2D eigenvalue weighted by atomic mass is 32.2. The Hall–Kier alpha value is -3.07. The number of hydrogen-bond acceptors (Lipinski definition) is 7. The Morgan fingerprint density at radius 1 is 1.11 bits per heavy atom. The van der Waals surface area contributed by atoms with Gasteiger partial charge in [-0.3, -0.25) is 4.79 Å². The van der Waals surface area contributed by atoms with Crippen LogP contribution in [0.5, 0.6) is 11.5 Å². The van der Waals surface area contributed by atoms with Crippen molar-refractivity contribution < 1.29 is 23.1 Å². The second kappa shape index (κ2) is 9.23. The second-order valence-electron chi connectivity index (χ2n) is 5.67. The van der Waals surface area contributed by atoms with E-state index in [1.54, 1.807) is 44.6 Å². The molecular weight excluding hydrogens is 385 g/mol. The third-order valence-corrected chi connectivity index (χ3v) is 4.55. The van der Waals surface area contributed by atoms with Gasteiger partial charge in [0.2, 0.25) is 11.8 Å². The van der Waals surface area contributed by atoms with Crippen LogP contribution in [0.25, 0.3) is 11.5 Å². The number of nitrogens with one attached hydrogen (secondary N) is 1. The molecule has 28 heavy (non-hydrogen) atoms. The van der Waals surface area contributed by atoms with Crippen LogP contribution in [0, 0.1) is 5.82 Å². The first kappa shape index (κ1) is 19.7. The molecule has 1 heterocycles. The number of ether oxygens (including phenoxy) is 2. The van der Waals surface area contributed by atoms with Gasteiger partial charge in [-0.15, -0.1) is 10.2 Å². The van der Waals surface area contributed by atoms with Gasteiger partial charge in [0.1, 0.15) is 17.3 Å². The Morgan fingerprint density at radius 2 is 1.79 bits per heavy atom. The summed E-state index contributed by atoms with van der Waals surface area (Å²) in [6, 6.07) is 11.2. The van der Waals surface area contributed by atoms with E-state index in [1.807, 2.05) is 0 Å². The van der Waals surface area contributed by atoms with Gasteiger partial charge >= 0.3 is 0 Å². The van der Waals surface area contributed by atoms with Crippen molar-refractivity contribution in [2.75, 3.05) is 20.0 Å². The molecule has 0 aliphatic heterocycles. The predicted molar refractivity (Wildman–Crippen MR) is 102 cm³/mol. The fraction of sp³-hybridized carbons (Fsp3) is 0.211. The number of aromatic nitrogens is 2. The molecule has 0 atom stereocenters. The highest BCUT2D eigenvalue weighted by Crippen LogP contribution is 2.30. The minimum Gasteiger partial charge on any atom is -0.497 e. The highest BCUT2D eigenvalue weighted by Gasteiger charge is 2.13. The summed E-state index contributed by atoms with van der Waals surface area (Å²) in [4.78, 5) is 12.0. The average Bonchev–Trinajstić information content (AvgIpc) is 3.20. The number of carbonyl (C=O) groups is 1. The average molecular weight is 403 g/mol. The molecule has 0 fully saturated rings. The predicted octanol–water partition coefficient (Wildman–Crippen LogP) is 3.30. The molecule has 0 spiro atoms. The van der Waals surface area contributed by atoms with Crippen molar-refractivity contribution in [2.24, 2.45) is 0 Å². The normalized spacial score (nSPS) is 10.5. The molecule has 3 aromatic rings. The first-order chi connectivity index (χ1) is 13.6. The minimum atomic E-state index is -0.313. The van der Waals surface area contributed by atoms with Crippen molar-refractivity contribution in [3.8, 4) is 23.0 Å². The fourth-order valence-electron chi connectivity index (χ4n) is 2.30. The zero-order valence-electron chi connectivity index (χ0n) is 15.3. The quantitative estimate of drug-likeness (QED) is 0.578. The summed E-state index contributed by atoms with van der Waals surface area (Å²) >= 11 is 1.13. The highest BCUT2D eigenvalue weighted by molar-refractivity contribution is 7.99. The molecule has 0 aliphatic carbocycles. The summed E-state index contributed by atoms with van der Waals surface area (Å²) in [6.07, 6.45) is 0. The summed E-state index contributed by atoms with van der Waals surface area (Å²) in [5, 5.41) is 11.0. The third-order valence-electron chi connectivity index (χ3n) is 3.73. The third kappa shape index (κ3) is 5.23. The summed E-state index contributed by atoms with van der Waals surface area (Å²) < 4.78 is 28.9. The molecule has 9 heteroatoms. The molecule has 3 rings (SSSR count). The molecular formula is C19H18FN3O4S. The molecule has 146 valence electrons. The second-order valence-corrected chi connectivity index (χ2v) is 6.59. The lowest BCUT2D eigenvalue weighted by Crippen LogP contribution is -2.24. The van der Waals surface area contributed by atoms with Crippen LogP contribution in [0.1, 0.15) is 5.56 Å². The van der Waals surface area contributed by atoms with Crippen LogP contribution in [0.4, 0.5) is 4.39 Å². The first-order valence-corrected chi connectivity index (χ1v) is 9.27. The van der Waals surface area contributed by atoms with Crippen LogP contribution in [-0.4, -0.2) is 36.1 Å². The molecule has 0 aliphatic rings. The minimum absolute atomic E-state index is 0.115. The van der Waals surface area contributed by atoms with Crippen LogP contribution < -0.4 is 14.8 Å². The summed E-state index contributed by atoms with van der Waals surface area (Å²) in [5.41, 5.74) is 1.46. The van der Waals surface area contributed by atoms with E-state index in [4.69, 9.17) is 13.9 Å². The standard InChI is InChI=1S/C19H18FN3O4S/c1-25-15-7-13(8-16(9-15)26-2)18-22-23-19(27-18)28-11-17(24)21-10-12-3-5-14(20)6-4-12/h3-9H,10-11H2,1-2H3,(H,21,24). The number of carbonyl (C=O) groups excluding carboxylic acids is 1. The molecule has 1 amide bonds. The van der Waals surface area contributed by atoms with E-state index in [0.717, 1.165) is 17.3 Å². The van der Waals surface area contributed by atoms with Crippen molar-refractivity contribution in [3.63, 3.8) is 0 Å². The van der Waals surface area contributed by atoms with Gasteiger partial charge in [0.05, 0.1) is 20.0 Å². The maximum Gasteiger partial charge on any atom is 0.277 e. The van der Waals surface area contributed by atoms with E-state index in [1.165, 1.54) is 12.1 Å². The number of thioether (sulfide) groups is 1. The van der Waals surface area contributed by atoms with Gasteiger partial charge in [-0.25, -0.2) is 4.39 Å². The lowest BCUT2D eigenvalue weighted by Gasteiger charge is -2.05. The maximum absolute atomic E-state index is 12.9. The van der Waals surface area contributed by atoms with E-state index in [2.05, 4.69) is 15.5 Å². The van der Waals surface area contributed by atoms with Gasteiger partial charge in [0, 0.05) is 18.2 Å². The Morgan fingerprint density at radius 3 is 2.43 bits per heavy atom. The van der Waals surface area contributed by atoms with Crippen LogP contribution >= 0.6 is 11.8 Å². The molecule has 0 radical (unpaired) electrons. The van der Waals surface area contributed by atoms with Gasteiger partial charge in [0.25, 0.3) is 5.22 Å². The van der Waals surface area contributed by atoms with E-state index in [-0.39, 0.29) is 22.7 Å². The van der Waals surface area contributed by atoms with Gasteiger partial charge in [0.15, 0.2) is 0 Å². The van der Waals surface area contributed by atoms with E-state index >= 15 is 0 Å². The zero-order chi connectivity index (χ0) is 19.9. The van der Waals surface area contributed by atoms with Gasteiger partial charge in [-0.2, -0.15) is 0 Å². The van der Waals surface area contributed by atoms with Crippen molar-refractivity contribution in [1.82, 2.24) is 15.5 Å². The summed E-state index contributed by atoms with van der Waals surface area (Å²) in [6.45, 7) is 0.318. The van der Waals surface area contributed by atoms with Gasteiger partial charge in [-0.05, 0) is 29.8 Å². The lowest BCUT2D eigenvalue weighted by molar-refractivity contribution is -0.118. The van der Waals surface area contributed by atoms with Crippen molar-refractivity contribution >= 4 is 17.7 Å². The molecule has 7 nitrogen and oxygen atoms in total. The molecule has 0 bridgehead atoms. The summed E-state index contributed by atoms with van der Waals surface area (Å²) in [7, 11) is 3.11. The van der Waals surface area contributed by atoms with E-state index in [9.17, 15) is 9.18 Å². The largest absolute Gasteiger partial charge is 0.497 e. The molecule has 0 saturated carbocycles. The Labute approximate surface area is 165 Å². The number of halogens is 1. The smallest absolute Gasteiger partial charge is 0.277 e. The van der Waals surface area contributed by atoms with Crippen molar-refractivity contribution in [2.45, 2.75) is 11.8 Å². The first-order valence-electron chi connectivity index (χ1n) is 8.28. The lowest BCUT2D eigenvalue weighted by atomic mass is 10.2. The van der Waals surface area contributed by atoms with E-state index in [0.29, 0.717) is 29.5 Å². The number of rotatable bonds is 8. The van der Waals surface area contributed by atoms with Crippen LogP contribution in [0.2, 0.25) is 0 Å². The van der Waals surface area contributed by atoms with Crippen molar-refractivity contribution in [3.05, 3.63) is 53.8 Å². The molecule has 1 N–H and O–H groups in total. The fourth-order valence-corrected chi connectivity index (χ4v) is 2.89. The van der Waals surface area contributed by atoms with Gasteiger partial charge in [-0.1, -0.05) is 23.9 Å². The van der Waals surface area contributed by atoms with Crippen LogP contribution in [-0.2, 0) is 11.3 Å². The molecule has 1 aromatic heterocycles. The molecule has 0 unspecified atom stereocenters. The van der Waals surface area contributed by atoms with Gasteiger partial charge < -0.3 is 19.2 Å². The number of methoxy groups -OCH3 is 2. The number of hydrogen-bond donors (Lipinski definition) is 1. The number of nitrogens with zero attached hydrogens (tertiary/aromatic N) is 2. The maximum atomic E-state index is 12.9. The molecule has 2 aromatic carbocycles. The molecule has 0 saturated heterocycles. The van der Waals surface area contributed by atoms with Crippen molar-refractivity contribution in [1.29, 1.82) is 0 Å².